The Bertz CT molecular complexity index is 745. The molecule has 0 atom stereocenters. The molecule has 0 aliphatic carbocycles. The van der Waals surface area contributed by atoms with Crippen molar-refractivity contribution in [1.82, 2.24) is 25.3 Å². The molecule has 6 nitrogen and oxygen atoms in total. The van der Waals surface area contributed by atoms with Gasteiger partial charge in [0.05, 0.1) is 17.2 Å². The fourth-order valence-corrected chi connectivity index (χ4v) is 1.81. The minimum absolute atomic E-state index is 0.252. The average Bonchev–Trinajstić information content (AvgIpc) is 2.53. The van der Waals surface area contributed by atoms with Gasteiger partial charge in [0.1, 0.15) is 5.69 Å². The normalized spacial score (nSPS) is 10.4. The van der Waals surface area contributed by atoms with Gasteiger partial charge in [-0.1, -0.05) is 6.07 Å². The molecule has 0 bridgehead atoms. The van der Waals surface area contributed by atoms with E-state index >= 15 is 0 Å². The molecule has 2 aromatic heterocycles. The predicted octanol–water partition coefficient (Wildman–Crippen LogP) is 1.35. The maximum atomic E-state index is 11.8. The first-order valence-electron chi connectivity index (χ1n) is 6.07. The third kappa shape index (κ3) is 2.59. The second kappa shape index (κ2) is 5.40. The Morgan fingerprint density at radius 3 is 2.60 bits per heavy atom. The van der Waals surface area contributed by atoms with E-state index in [1.54, 1.807) is 12.4 Å². The molecular formula is C14H11N5O. The first-order chi connectivity index (χ1) is 9.83. The van der Waals surface area contributed by atoms with Crippen LogP contribution in [0, 0.1) is 0 Å². The summed E-state index contributed by atoms with van der Waals surface area (Å²) in [5.41, 5.74) is 2.89. The molecule has 3 aromatic rings. The number of aromatic nitrogens is 4. The van der Waals surface area contributed by atoms with Gasteiger partial charge in [-0.05, 0) is 17.7 Å². The van der Waals surface area contributed by atoms with E-state index in [1.807, 2.05) is 18.2 Å². The maximum Gasteiger partial charge on any atom is 0.271 e. The van der Waals surface area contributed by atoms with Crippen LogP contribution < -0.4 is 5.32 Å². The zero-order valence-electron chi connectivity index (χ0n) is 10.5. The largest absolute Gasteiger partial charge is 0.347 e. The van der Waals surface area contributed by atoms with Crippen molar-refractivity contribution in [3.05, 3.63) is 60.4 Å². The first kappa shape index (κ1) is 12.2. The number of rotatable bonds is 3. The van der Waals surface area contributed by atoms with Gasteiger partial charge in [-0.15, -0.1) is 0 Å². The summed E-state index contributed by atoms with van der Waals surface area (Å²) in [6.07, 6.45) is 7.74. The summed E-state index contributed by atoms with van der Waals surface area (Å²) in [5.74, 6) is -0.252. The molecule has 1 aromatic carbocycles. The summed E-state index contributed by atoms with van der Waals surface area (Å²) < 4.78 is 0. The standard InChI is InChI=1S/C14H11N5O/c20-14(13-9-15-3-4-18-13)19-8-10-1-2-11-12(7-10)17-6-5-16-11/h1-7,9H,8H2,(H,19,20). The number of carbonyl (C=O) groups is 1. The van der Waals surface area contributed by atoms with Crippen LogP contribution in [0.1, 0.15) is 16.1 Å². The van der Waals surface area contributed by atoms with Crippen molar-refractivity contribution in [3.8, 4) is 0 Å². The summed E-state index contributed by atoms with van der Waals surface area (Å²) in [7, 11) is 0. The average molecular weight is 265 g/mol. The van der Waals surface area contributed by atoms with E-state index in [4.69, 9.17) is 0 Å². The van der Waals surface area contributed by atoms with Crippen molar-refractivity contribution < 1.29 is 4.79 Å². The second-order valence-electron chi connectivity index (χ2n) is 4.15. The van der Waals surface area contributed by atoms with Gasteiger partial charge in [0, 0.05) is 31.3 Å². The van der Waals surface area contributed by atoms with Crippen LogP contribution in [0.4, 0.5) is 0 Å². The summed E-state index contributed by atoms with van der Waals surface area (Å²) in [6, 6.07) is 5.69. The van der Waals surface area contributed by atoms with Gasteiger partial charge < -0.3 is 5.32 Å². The Hall–Kier alpha value is -2.89. The third-order valence-corrected chi connectivity index (χ3v) is 2.78. The number of nitrogens with one attached hydrogen (secondary N) is 1. The molecule has 20 heavy (non-hydrogen) atoms. The summed E-state index contributed by atoms with van der Waals surface area (Å²) in [5, 5.41) is 2.79. The topological polar surface area (TPSA) is 80.7 Å². The van der Waals surface area contributed by atoms with Crippen LogP contribution in [0.15, 0.2) is 49.2 Å². The lowest BCUT2D eigenvalue weighted by Gasteiger charge is -2.05. The smallest absolute Gasteiger partial charge is 0.271 e. The molecule has 1 amide bonds. The van der Waals surface area contributed by atoms with Crippen molar-refractivity contribution in [3.63, 3.8) is 0 Å². The van der Waals surface area contributed by atoms with Crippen LogP contribution in [-0.2, 0) is 6.54 Å². The number of carbonyl (C=O) groups excluding carboxylic acids is 1. The molecule has 0 fully saturated rings. The Labute approximate surface area is 114 Å². The monoisotopic (exact) mass is 265 g/mol. The number of fused-ring (bicyclic) bond motifs is 1. The van der Waals surface area contributed by atoms with Crippen LogP contribution >= 0.6 is 0 Å². The Kier molecular flexibility index (Phi) is 3.28. The molecule has 0 unspecified atom stereocenters. The Balaban J connectivity index is 1.72. The molecule has 0 aliphatic rings. The Morgan fingerprint density at radius 2 is 1.80 bits per heavy atom. The van der Waals surface area contributed by atoms with Crippen LogP contribution in [0.3, 0.4) is 0 Å². The first-order valence-corrected chi connectivity index (χ1v) is 6.07. The fraction of sp³-hybridized carbons (Fsp3) is 0.0714. The van der Waals surface area contributed by atoms with E-state index in [2.05, 4.69) is 25.3 Å². The number of amides is 1. The van der Waals surface area contributed by atoms with Gasteiger partial charge in [0.2, 0.25) is 0 Å². The van der Waals surface area contributed by atoms with Crippen molar-refractivity contribution in [2.75, 3.05) is 0 Å². The van der Waals surface area contributed by atoms with E-state index < -0.39 is 0 Å². The molecule has 2 heterocycles. The highest BCUT2D eigenvalue weighted by molar-refractivity contribution is 5.91. The molecular weight excluding hydrogens is 254 g/mol. The van der Waals surface area contributed by atoms with E-state index in [9.17, 15) is 4.79 Å². The zero-order valence-corrected chi connectivity index (χ0v) is 10.5. The van der Waals surface area contributed by atoms with Crippen LogP contribution in [0.25, 0.3) is 11.0 Å². The quantitative estimate of drug-likeness (QED) is 0.773. The molecule has 0 saturated carbocycles. The number of hydrogen-bond donors (Lipinski definition) is 1. The van der Waals surface area contributed by atoms with Gasteiger partial charge >= 0.3 is 0 Å². The highest BCUT2D eigenvalue weighted by Gasteiger charge is 2.06. The molecule has 6 heteroatoms. The summed E-state index contributed by atoms with van der Waals surface area (Å²) in [6.45, 7) is 0.405. The third-order valence-electron chi connectivity index (χ3n) is 2.78. The van der Waals surface area contributed by atoms with E-state index in [1.165, 1.54) is 18.6 Å². The zero-order chi connectivity index (χ0) is 13.8. The van der Waals surface area contributed by atoms with Crippen molar-refractivity contribution in [2.45, 2.75) is 6.54 Å². The van der Waals surface area contributed by atoms with Gasteiger partial charge in [-0.2, -0.15) is 0 Å². The lowest BCUT2D eigenvalue weighted by Crippen LogP contribution is -2.23. The highest BCUT2D eigenvalue weighted by atomic mass is 16.1. The van der Waals surface area contributed by atoms with Gasteiger partial charge in [0.25, 0.3) is 5.91 Å². The lowest BCUT2D eigenvalue weighted by atomic mass is 10.2. The Morgan fingerprint density at radius 1 is 1.00 bits per heavy atom. The molecule has 98 valence electrons. The molecule has 3 rings (SSSR count). The maximum absolute atomic E-state index is 11.8. The van der Waals surface area contributed by atoms with E-state index in [-0.39, 0.29) is 5.91 Å². The molecule has 0 radical (unpaired) electrons. The van der Waals surface area contributed by atoms with Crippen molar-refractivity contribution in [2.24, 2.45) is 0 Å². The van der Waals surface area contributed by atoms with Crippen LogP contribution in [0.5, 0.6) is 0 Å². The predicted molar refractivity (Wildman–Crippen MR) is 72.7 cm³/mol. The summed E-state index contributed by atoms with van der Waals surface area (Å²) >= 11 is 0. The number of benzene rings is 1. The SMILES string of the molecule is O=C(NCc1ccc2nccnc2c1)c1cnccn1. The minimum atomic E-state index is -0.252. The number of nitrogens with zero attached hydrogens (tertiary/aromatic N) is 4. The van der Waals surface area contributed by atoms with Crippen LogP contribution in [-0.4, -0.2) is 25.8 Å². The van der Waals surface area contributed by atoms with Crippen molar-refractivity contribution in [1.29, 1.82) is 0 Å². The molecule has 0 saturated heterocycles. The van der Waals surface area contributed by atoms with Gasteiger partial charge in [-0.3, -0.25) is 19.7 Å². The second-order valence-corrected chi connectivity index (χ2v) is 4.15. The van der Waals surface area contributed by atoms with Gasteiger partial charge in [-0.25, -0.2) is 4.98 Å². The van der Waals surface area contributed by atoms with Gasteiger partial charge in [0.15, 0.2) is 0 Å². The molecule has 1 N–H and O–H groups in total. The highest BCUT2D eigenvalue weighted by Crippen LogP contribution is 2.10. The molecule has 0 aliphatic heterocycles. The lowest BCUT2D eigenvalue weighted by molar-refractivity contribution is 0.0945. The van der Waals surface area contributed by atoms with E-state index in [0.29, 0.717) is 12.2 Å². The fourth-order valence-electron chi connectivity index (χ4n) is 1.81. The molecule has 0 spiro atoms. The number of hydrogen-bond acceptors (Lipinski definition) is 5. The van der Waals surface area contributed by atoms with E-state index in [0.717, 1.165) is 16.6 Å². The van der Waals surface area contributed by atoms with Crippen LogP contribution in [0.2, 0.25) is 0 Å². The summed E-state index contributed by atoms with van der Waals surface area (Å²) in [4.78, 5) is 28.1. The van der Waals surface area contributed by atoms with Crippen molar-refractivity contribution >= 4 is 16.9 Å². The minimum Gasteiger partial charge on any atom is -0.347 e.